The quantitative estimate of drug-likeness (QED) is 0.456. The molecule has 0 saturated carbocycles. The minimum Gasteiger partial charge on any atom is -0.480 e. The lowest BCUT2D eigenvalue weighted by Crippen LogP contribution is -2.38. The molecule has 2 atom stereocenters. The van der Waals surface area contributed by atoms with Gasteiger partial charge in [0.1, 0.15) is 12.3 Å². The zero-order chi connectivity index (χ0) is 10.3. The fraction of sp³-hybridized carbons (Fsp3) is 0.778. The highest BCUT2D eigenvalue weighted by Crippen LogP contribution is 2.10. The van der Waals surface area contributed by atoms with Gasteiger partial charge in [0.2, 0.25) is 0 Å². The van der Waals surface area contributed by atoms with Crippen LogP contribution in [0.2, 0.25) is 0 Å². The molecule has 0 aromatic carbocycles. The maximum Gasteiger partial charge on any atom is 0.321 e. The monoisotopic (exact) mass is 187 g/mol. The SMILES string of the molecule is CCCCCC(C=O)C(N)C(=O)O. The van der Waals surface area contributed by atoms with Crippen LogP contribution >= 0.6 is 0 Å². The van der Waals surface area contributed by atoms with Gasteiger partial charge in [0, 0.05) is 5.92 Å². The van der Waals surface area contributed by atoms with E-state index in [0.717, 1.165) is 19.3 Å². The second kappa shape index (κ2) is 6.60. The first kappa shape index (κ1) is 12.1. The molecule has 0 bridgehead atoms. The Morgan fingerprint density at radius 3 is 2.54 bits per heavy atom. The fourth-order valence-corrected chi connectivity index (χ4v) is 1.15. The van der Waals surface area contributed by atoms with E-state index in [4.69, 9.17) is 10.8 Å². The molecule has 0 radical (unpaired) electrons. The maximum atomic E-state index is 10.5. The van der Waals surface area contributed by atoms with Gasteiger partial charge in [0.05, 0.1) is 0 Å². The number of carbonyl (C=O) groups is 2. The van der Waals surface area contributed by atoms with E-state index in [1.807, 2.05) is 6.92 Å². The molecular weight excluding hydrogens is 170 g/mol. The highest BCUT2D eigenvalue weighted by molar-refractivity contribution is 5.77. The summed E-state index contributed by atoms with van der Waals surface area (Å²) in [6, 6.07) is -1.05. The number of rotatable bonds is 7. The predicted molar refractivity (Wildman–Crippen MR) is 49.3 cm³/mol. The molecule has 0 amide bonds. The summed E-state index contributed by atoms with van der Waals surface area (Å²) in [6.07, 6.45) is 4.14. The molecule has 0 rings (SSSR count). The van der Waals surface area contributed by atoms with Crippen molar-refractivity contribution >= 4 is 12.3 Å². The number of carboxylic acid groups (broad SMARTS) is 1. The first-order chi connectivity index (χ1) is 6.13. The van der Waals surface area contributed by atoms with E-state index in [9.17, 15) is 9.59 Å². The summed E-state index contributed by atoms with van der Waals surface area (Å²) in [7, 11) is 0. The van der Waals surface area contributed by atoms with E-state index in [1.165, 1.54) is 0 Å². The molecule has 0 aliphatic heterocycles. The lowest BCUT2D eigenvalue weighted by molar-refractivity contribution is -0.141. The zero-order valence-corrected chi connectivity index (χ0v) is 7.90. The second-order valence-electron chi connectivity index (χ2n) is 3.16. The van der Waals surface area contributed by atoms with Crippen LogP contribution < -0.4 is 5.73 Å². The van der Waals surface area contributed by atoms with Gasteiger partial charge in [-0.1, -0.05) is 26.2 Å². The third-order valence-corrected chi connectivity index (χ3v) is 2.06. The number of aldehydes is 1. The normalized spacial score (nSPS) is 14.9. The largest absolute Gasteiger partial charge is 0.480 e. The fourth-order valence-electron chi connectivity index (χ4n) is 1.15. The summed E-state index contributed by atoms with van der Waals surface area (Å²) in [5.41, 5.74) is 5.32. The lowest BCUT2D eigenvalue weighted by atomic mass is 9.95. The van der Waals surface area contributed by atoms with Crippen LogP contribution in [0.4, 0.5) is 0 Å². The number of aliphatic carboxylic acids is 1. The molecule has 0 saturated heterocycles. The first-order valence-corrected chi connectivity index (χ1v) is 4.57. The topological polar surface area (TPSA) is 80.4 Å². The smallest absolute Gasteiger partial charge is 0.321 e. The predicted octanol–water partition coefficient (Wildman–Crippen LogP) is 0.794. The molecule has 0 aromatic heterocycles. The van der Waals surface area contributed by atoms with Gasteiger partial charge < -0.3 is 15.6 Å². The molecule has 2 unspecified atom stereocenters. The van der Waals surface area contributed by atoms with Crippen molar-refractivity contribution in [3.8, 4) is 0 Å². The molecule has 4 heteroatoms. The molecule has 76 valence electrons. The van der Waals surface area contributed by atoms with E-state index in [2.05, 4.69) is 0 Å². The second-order valence-corrected chi connectivity index (χ2v) is 3.16. The Kier molecular flexibility index (Phi) is 6.14. The van der Waals surface area contributed by atoms with Crippen molar-refractivity contribution in [1.29, 1.82) is 0 Å². The summed E-state index contributed by atoms with van der Waals surface area (Å²) >= 11 is 0. The standard InChI is InChI=1S/C9H17NO3/c1-2-3-4-5-7(6-11)8(10)9(12)13/h6-8H,2-5,10H2,1H3,(H,12,13). The van der Waals surface area contributed by atoms with E-state index >= 15 is 0 Å². The molecule has 3 N–H and O–H groups in total. The Balaban J connectivity index is 3.87. The van der Waals surface area contributed by atoms with Gasteiger partial charge in [-0.15, -0.1) is 0 Å². The average molecular weight is 187 g/mol. The van der Waals surface area contributed by atoms with Crippen LogP contribution in [0.5, 0.6) is 0 Å². The van der Waals surface area contributed by atoms with Crippen molar-refractivity contribution in [2.75, 3.05) is 0 Å². The van der Waals surface area contributed by atoms with Crippen LogP contribution in [0.15, 0.2) is 0 Å². The van der Waals surface area contributed by atoms with Crippen molar-refractivity contribution < 1.29 is 14.7 Å². The van der Waals surface area contributed by atoms with Gasteiger partial charge in [-0.25, -0.2) is 0 Å². The van der Waals surface area contributed by atoms with E-state index < -0.39 is 17.9 Å². The van der Waals surface area contributed by atoms with Gasteiger partial charge in [-0.3, -0.25) is 4.79 Å². The van der Waals surface area contributed by atoms with E-state index in [-0.39, 0.29) is 0 Å². The number of unbranched alkanes of at least 4 members (excludes halogenated alkanes) is 2. The van der Waals surface area contributed by atoms with Crippen LogP contribution in [0.25, 0.3) is 0 Å². The Morgan fingerprint density at radius 1 is 1.54 bits per heavy atom. The molecule has 0 aliphatic carbocycles. The highest BCUT2D eigenvalue weighted by Gasteiger charge is 2.22. The zero-order valence-electron chi connectivity index (χ0n) is 7.90. The maximum absolute atomic E-state index is 10.5. The van der Waals surface area contributed by atoms with E-state index in [1.54, 1.807) is 0 Å². The summed E-state index contributed by atoms with van der Waals surface area (Å²) in [6.45, 7) is 2.05. The van der Waals surface area contributed by atoms with Gasteiger partial charge in [0.25, 0.3) is 0 Å². The Labute approximate surface area is 78.1 Å². The van der Waals surface area contributed by atoms with E-state index in [0.29, 0.717) is 12.7 Å². The van der Waals surface area contributed by atoms with Crippen molar-refractivity contribution in [1.82, 2.24) is 0 Å². The van der Waals surface area contributed by atoms with Gasteiger partial charge in [-0.2, -0.15) is 0 Å². The molecule has 0 spiro atoms. The Morgan fingerprint density at radius 2 is 2.15 bits per heavy atom. The molecule has 0 aliphatic rings. The average Bonchev–Trinajstić information content (AvgIpc) is 2.11. The van der Waals surface area contributed by atoms with Crippen LogP contribution in [-0.4, -0.2) is 23.4 Å². The number of hydrogen-bond acceptors (Lipinski definition) is 3. The van der Waals surface area contributed by atoms with Crippen LogP contribution in [-0.2, 0) is 9.59 Å². The van der Waals surface area contributed by atoms with Gasteiger partial charge in [0.15, 0.2) is 0 Å². The Bertz CT molecular complexity index is 170. The first-order valence-electron chi connectivity index (χ1n) is 4.57. The lowest BCUT2D eigenvalue weighted by Gasteiger charge is -2.13. The number of carboxylic acids is 1. The van der Waals surface area contributed by atoms with Crippen LogP contribution in [0, 0.1) is 5.92 Å². The molecule has 0 aromatic rings. The number of hydrogen-bond donors (Lipinski definition) is 2. The summed E-state index contributed by atoms with van der Waals surface area (Å²) in [4.78, 5) is 21.0. The van der Waals surface area contributed by atoms with Crippen LogP contribution in [0.1, 0.15) is 32.6 Å². The molecule has 13 heavy (non-hydrogen) atoms. The Hall–Kier alpha value is -0.900. The highest BCUT2D eigenvalue weighted by atomic mass is 16.4. The summed E-state index contributed by atoms with van der Waals surface area (Å²) in [5.74, 6) is -1.64. The van der Waals surface area contributed by atoms with Crippen molar-refractivity contribution in [3.05, 3.63) is 0 Å². The van der Waals surface area contributed by atoms with Gasteiger partial charge >= 0.3 is 5.97 Å². The minimum atomic E-state index is -1.10. The van der Waals surface area contributed by atoms with Crippen LogP contribution in [0.3, 0.4) is 0 Å². The summed E-state index contributed by atoms with van der Waals surface area (Å²) < 4.78 is 0. The molecule has 0 heterocycles. The molecular formula is C9H17NO3. The summed E-state index contributed by atoms with van der Waals surface area (Å²) in [5, 5.41) is 8.56. The number of carbonyl (C=O) groups excluding carboxylic acids is 1. The van der Waals surface area contributed by atoms with Crippen molar-refractivity contribution in [2.24, 2.45) is 11.7 Å². The van der Waals surface area contributed by atoms with Crippen molar-refractivity contribution in [3.63, 3.8) is 0 Å². The number of nitrogens with two attached hydrogens (primary N) is 1. The minimum absolute atomic E-state index is 0.538. The molecule has 4 nitrogen and oxygen atoms in total. The molecule has 0 fully saturated rings. The third-order valence-electron chi connectivity index (χ3n) is 2.06. The van der Waals surface area contributed by atoms with Crippen molar-refractivity contribution in [2.45, 2.75) is 38.6 Å². The third kappa shape index (κ3) is 4.62. The van der Waals surface area contributed by atoms with Gasteiger partial charge in [-0.05, 0) is 6.42 Å².